The molecule has 0 fully saturated rings. The summed E-state index contributed by atoms with van der Waals surface area (Å²) in [6.07, 6.45) is -0.339. The molecule has 1 aliphatic heterocycles. The molecule has 2 aromatic carbocycles. The first kappa shape index (κ1) is 19.2. The lowest BCUT2D eigenvalue weighted by molar-refractivity contribution is 0.0825. The summed E-state index contributed by atoms with van der Waals surface area (Å²) in [5, 5.41) is 10.3. The van der Waals surface area contributed by atoms with Crippen molar-refractivity contribution in [2.24, 2.45) is 7.05 Å². The predicted molar refractivity (Wildman–Crippen MR) is 116 cm³/mol. The average Bonchev–Trinajstić information content (AvgIpc) is 3.11. The van der Waals surface area contributed by atoms with Crippen LogP contribution in [0, 0.1) is 0 Å². The van der Waals surface area contributed by atoms with Crippen molar-refractivity contribution in [3.63, 3.8) is 0 Å². The van der Waals surface area contributed by atoms with E-state index in [2.05, 4.69) is 26.1 Å². The minimum absolute atomic E-state index is 0.339. The van der Waals surface area contributed by atoms with Gasteiger partial charge in [-0.05, 0) is 35.9 Å². The number of aromatic nitrogens is 3. The summed E-state index contributed by atoms with van der Waals surface area (Å²) in [4.78, 5) is 12.0. The zero-order valence-electron chi connectivity index (χ0n) is 15.9. The summed E-state index contributed by atoms with van der Waals surface area (Å²) < 4.78 is 19.9. The highest BCUT2D eigenvalue weighted by Gasteiger charge is 2.27. The molecule has 1 aliphatic rings. The summed E-state index contributed by atoms with van der Waals surface area (Å²) in [6.45, 7) is 0.368. The van der Waals surface area contributed by atoms with Gasteiger partial charge in [-0.3, -0.25) is 0 Å². The zero-order valence-corrected chi connectivity index (χ0v) is 18.3. The van der Waals surface area contributed by atoms with Crippen LogP contribution in [0.4, 0.5) is 0 Å². The first-order chi connectivity index (χ1) is 14.6. The summed E-state index contributed by atoms with van der Waals surface area (Å²) in [6, 6.07) is 14.7. The van der Waals surface area contributed by atoms with Gasteiger partial charge in [-0.15, -0.1) is 10.2 Å². The molecule has 0 amide bonds. The normalized spacial score (nSPS) is 15.5. The minimum atomic E-state index is -0.374. The highest BCUT2D eigenvalue weighted by Crippen LogP contribution is 2.36. The van der Waals surface area contributed by atoms with E-state index in [0.717, 1.165) is 26.3 Å². The van der Waals surface area contributed by atoms with Crippen LogP contribution in [0.2, 0.25) is 0 Å². The number of benzene rings is 2. The number of nitrogens with zero attached hydrogens (tertiary/aromatic N) is 3. The topological polar surface area (TPSA) is 79.4 Å². The maximum atomic E-state index is 12.0. The maximum absolute atomic E-state index is 12.0. The Bertz CT molecular complexity index is 1300. The van der Waals surface area contributed by atoms with E-state index >= 15 is 0 Å². The van der Waals surface area contributed by atoms with E-state index in [1.807, 2.05) is 48.0 Å². The highest BCUT2D eigenvalue weighted by atomic mass is 79.9. The van der Waals surface area contributed by atoms with Crippen LogP contribution in [-0.4, -0.2) is 21.4 Å². The third-order valence-electron chi connectivity index (χ3n) is 4.81. The standard InChI is InChI=1S/C21H16BrN3O4S/c1-25-20(18-10-27-15-4-2-3-5-16(15)28-18)23-24-21(25)30-11-12-8-19(26)29-17-9-13(22)6-7-14(12)17/h2-9,18H,10-11H2,1H3. The minimum Gasteiger partial charge on any atom is -0.485 e. The number of rotatable bonds is 4. The van der Waals surface area contributed by atoms with Crippen molar-refractivity contribution >= 4 is 38.7 Å². The lowest BCUT2D eigenvalue weighted by Crippen LogP contribution is -2.24. The van der Waals surface area contributed by atoms with E-state index in [1.165, 1.54) is 17.8 Å². The molecule has 9 heteroatoms. The van der Waals surface area contributed by atoms with E-state index in [1.54, 1.807) is 6.07 Å². The number of hydrogen-bond donors (Lipinski definition) is 0. The number of ether oxygens (including phenoxy) is 2. The third kappa shape index (κ3) is 3.59. The second-order valence-electron chi connectivity index (χ2n) is 6.78. The molecule has 3 heterocycles. The summed E-state index contributed by atoms with van der Waals surface area (Å²) in [7, 11) is 1.90. The van der Waals surface area contributed by atoms with Gasteiger partial charge in [0.25, 0.3) is 0 Å². The fraction of sp³-hybridized carbons (Fsp3) is 0.190. The van der Waals surface area contributed by atoms with Crippen LogP contribution in [0.25, 0.3) is 11.0 Å². The van der Waals surface area contributed by atoms with Crippen LogP contribution < -0.4 is 15.1 Å². The van der Waals surface area contributed by atoms with Gasteiger partial charge in [0.05, 0.1) is 0 Å². The Hall–Kier alpha value is -2.78. The Labute approximate surface area is 184 Å². The van der Waals surface area contributed by atoms with E-state index in [9.17, 15) is 4.79 Å². The molecule has 30 heavy (non-hydrogen) atoms. The molecule has 5 rings (SSSR count). The number of thioether (sulfide) groups is 1. The molecule has 0 saturated carbocycles. The van der Waals surface area contributed by atoms with Crippen molar-refractivity contribution in [2.75, 3.05) is 6.61 Å². The van der Waals surface area contributed by atoms with E-state index < -0.39 is 0 Å². The molecule has 0 bridgehead atoms. The third-order valence-corrected chi connectivity index (χ3v) is 6.38. The SMILES string of the molecule is Cn1c(SCc2cc(=O)oc3cc(Br)ccc23)nnc1C1COc2ccccc2O1. The van der Waals surface area contributed by atoms with Crippen molar-refractivity contribution < 1.29 is 13.9 Å². The predicted octanol–water partition coefficient (Wildman–Crippen LogP) is 4.49. The number of fused-ring (bicyclic) bond motifs is 2. The molecule has 1 atom stereocenters. The molecular formula is C21H16BrN3O4S. The maximum Gasteiger partial charge on any atom is 0.336 e. The van der Waals surface area contributed by atoms with Crippen LogP contribution in [0.3, 0.4) is 0 Å². The van der Waals surface area contributed by atoms with Gasteiger partial charge in [-0.25, -0.2) is 4.79 Å². The molecule has 0 saturated heterocycles. The molecule has 0 N–H and O–H groups in total. The Kier molecular flexibility index (Phi) is 5.00. The van der Waals surface area contributed by atoms with Gasteiger partial charge in [0.2, 0.25) is 0 Å². The second-order valence-corrected chi connectivity index (χ2v) is 8.64. The van der Waals surface area contributed by atoms with Crippen molar-refractivity contribution in [3.8, 4) is 11.5 Å². The second kappa shape index (κ2) is 7.81. The fourth-order valence-corrected chi connectivity index (χ4v) is 4.59. The molecule has 2 aromatic heterocycles. The van der Waals surface area contributed by atoms with Crippen molar-refractivity contribution in [1.29, 1.82) is 0 Å². The Morgan fingerprint density at radius 1 is 1.17 bits per heavy atom. The largest absolute Gasteiger partial charge is 0.485 e. The molecule has 7 nitrogen and oxygen atoms in total. The van der Waals surface area contributed by atoms with Crippen molar-refractivity contribution in [2.45, 2.75) is 17.0 Å². The molecule has 0 radical (unpaired) electrons. The quantitative estimate of drug-likeness (QED) is 0.311. The van der Waals surface area contributed by atoms with Crippen LogP contribution in [0.5, 0.6) is 11.5 Å². The van der Waals surface area contributed by atoms with Gasteiger partial charge < -0.3 is 18.5 Å². The first-order valence-corrected chi connectivity index (χ1v) is 11.0. The summed E-state index contributed by atoms with van der Waals surface area (Å²) in [5.74, 6) is 2.67. The Balaban J connectivity index is 1.37. The van der Waals surface area contributed by atoms with E-state index in [-0.39, 0.29) is 11.7 Å². The first-order valence-electron chi connectivity index (χ1n) is 9.21. The summed E-state index contributed by atoms with van der Waals surface area (Å²) >= 11 is 4.91. The number of hydrogen-bond acceptors (Lipinski definition) is 7. The van der Waals surface area contributed by atoms with Gasteiger partial charge in [0.1, 0.15) is 12.2 Å². The number of para-hydroxylation sites is 2. The Morgan fingerprint density at radius 3 is 2.87 bits per heavy atom. The molecule has 1 unspecified atom stereocenters. The molecule has 4 aromatic rings. The fourth-order valence-electron chi connectivity index (χ4n) is 3.34. The number of halogens is 1. The Morgan fingerprint density at radius 2 is 2.00 bits per heavy atom. The molecule has 0 aliphatic carbocycles. The van der Waals surface area contributed by atoms with Crippen LogP contribution in [0.1, 0.15) is 17.5 Å². The van der Waals surface area contributed by atoms with Crippen LogP contribution in [-0.2, 0) is 12.8 Å². The van der Waals surface area contributed by atoms with E-state index in [0.29, 0.717) is 29.5 Å². The average molecular weight is 486 g/mol. The van der Waals surface area contributed by atoms with Gasteiger partial charge >= 0.3 is 5.63 Å². The van der Waals surface area contributed by atoms with Crippen molar-refractivity contribution in [1.82, 2.24) is 14.8 Å². The van der Waals surface area contributed by atoms with Gasteiger partial charge in [0.15, 0.2) is 28.6 Å². The lowest BCUT2D eigenvalue weighted by Gasteiger charge is -2.25. The molecule has 0 spiro atoms. The zero-order chi connectivity index (χ0) is 20.7. The van der Waals surface area contributed by atoms with Gasteiger partial charge in [-0.1, -0.05) is 39.8 Å². The lowest BCUT2D eigenvalue weighted by atomic mass is 10.1. The van der Waals surface area contributed by atoms with E-state index in [4.69, 9.17) is 13.9 Å². The van der Waals surface area contributed by atoms with Gasteiger partial charge in [-0.2, -0.15) is 0 Å². The van der Waals surface area contributed by atoms with Crippen molar-refractivity contribution in [3.05, 3.63) is 74.8 Å². The van der Waals surface area contributed by atoms with Crippen LogP contribution in [0.15, 0.2) is 67.4 Å². The summed E-state index contributed by atoms with van der Waals surface area (Å²) in [5.41, 5.74) is 1.06. The monoisotopic (exact) mass is 485 g/mol. The van der Waals surface area contributed by atoms with Gasteiger partial charge in [0, 0.05) is 28.7 Å². The smallest absolute Gasteiger partial charge is 0.336 e. The molecular weight excluding hydrogens is 470 g/mol. The molecule has 152 valence electrons. The highest BCUT2D eigenvalue weighted by molar-refractivity contribution is 9.10. The van der Waals surface area contributed by atoms with Crippen LogP contribution >= 0.6 is 27.7 Å².